The van der Waals surface area contributed by atoms with E-state index in [9.17, 15) is 9.18 Å². The summed E-state index contributed by atoms with van der Waals surface area (Å²) in [6, 6.07) is 5.85. The molecule has 0 aliphatic carbocycles. The summed E-state index contributed by atoms with van der Waals surface area (Å²) < 4.78 is 25.9. The van der Waals surface area contributed by atoms with Gasteiger partial charge in [0, 0.05) is 10.6 Å². The maximum atomic E-state index is 14.2. The van der Waals surface area contributed by atoms with Gasteiger partial charge in [-0.05, 0) is 61.0 Å². The Bertz CT molecular complexity index is 870. The van der Waals surface area contributed by atoms with Gasteiger partial charge in [0.05, 0.1) is 16.7 Å². The van der Waals surface area contributed by atoms with E-state index < -0.39 is 17.5 Å². The molecule has 1 amide bonds. The number of aromatic nitrogens is 1. The predicted octanol–water partition coefficient (Wildman–Crippen LogP) is 5.44. The number of hydrogen-bond acceptors (Lipinski definition) is 4. The lowest BCUT2D eigenvalue weighted by molar-refractivity contribution is 0.0566. The maximum absolute atomic E-state index is 14.2. The molecule has 0 bridgehead atoms. The molecule has 3 rings (SSSR count). The minimum absolute atomic E-state index is 0.232. The van der Waals surface area contributed by atoms with Gasteiger partial charge in [0.15, 0.2) is 11.6 Å². The van der Waals surface area contributed by atoms with Crippen LogP contribution in [-0.2, 0) is 4.74 Å². The van der Waals surface area contributed by atoms with E-state index in [1.807, 2.05) is 0 Å². The molecular weight excluding hydrogens is 427 g/mol. The van der Waals surface area contributed by atoms with Crippen LogP contribution in [0.25, 0.3) is 11.3 Å². The van der Waals surface area contributed by atoms with Crippen molar-refractivity contribution in [1.82, 2.24) is 4.98 Å². The second-order valence-electron chi connectivity index (χ2n) is 6.75. The zero-order chi connectivity index (χ0) is 19.1. The molecule has 0 atom stereocenters. The van der Waals surface area contributed by atoms with Gasteiger partial charge in [-0.1, -0.05) is 11.6 Å². The van der Waals surface area contributed by atoms with Gasteiger partial charge in [-0.3, -0.25) is 4.90 Å². The molecule has 2 aromatic rings. The Labute approximate surface area is 164 Å². The Kier molecular flexibility index (Phi) is 5.12. The summed E-state index contributed by atoms with van der Waals surface area (Å²) in [5.41, 5.74) is -0.0888. The first-order valence-electron chi connectivity index (χ1n) is 7.95. The van der Waals surface area contributed by atoms with Crippen LogP contribution >= 0.6 is 27.5 Å². The average Bonchev–Trinajstić information content (AvgIpc) is 2.55. The van der Waals surface area contributed by atoms with E-state index in [1.165, 1.54) is 23.1 Å². The Morgan fingerprint density at radius 2 is 2.12 bits per heavy atom. The van der Waals surface area contributed by atoms with Crippen LogP contribution in [0.1, 0.15) is 20.8 Å². The highest BCUT2D eigenvalue weighted by Gasteiger charge is 2.31. The van der Waals surface area contributed by atoms with Gasteiger partial charge < -0.3 is 9.47 Å². The molecule has 5 nitrogen and oxygen atoms in total. The maximum Gasteiger partial charge on any atom is 0.416 e. The highest BCUT2D eigenvalue weighted by Crippen LogP contribution is 2.40. The zero-order valence-corrected chi connectivity index (χ0v) is 16.8. The molecule has 0 saturated carbocycles. The number of fused-ring (bicyclic) bond motifs is 1. The van der Waals surface area contributed by atoms with Crippen molar-refractivity contribution in [2.24, 2.45) is 0 Å². The third-order valence-corrected chi connectivity index (χ3v) is 4.37. The van der Waals surface area contributed by atoms with Crippen molar-refractivity contribution < 1.29 is 18.7 Å². The largest absolute Gasteiger partial charge is 0.487 e. The van der Waals surface area contributed by atoms with E-state index in [-0.39, 0.29) is 17.9 Å². The van der Waals surface area contributed by atoms with Gasteiger partial charge in [0.1, 0.15) is 18.0 Å². The highest BCUT2D eigenvalue weighted by molar-refractivity contribution is 9.10. The standard InChI is InChI=1S/C18H17BrClFN2O3/c1-18(2,3)26-17(24)23-6-7-25-15-12(19)9-14(22-16(15)23)11-8-10(20)4-5-13(11)21/h4-5,8-9H,6-7H2,1-3H3. The van der Waals surface area contributed by atoms with Crippen molar-refractivity contribution in [3.63, 3.8) is 0 Å². The third kappa shape index (κ3) is 3.94. The van der Waals surface area contributed by atoms with E-state index >= 15 is 0 Å². The average molecular weight is 444 g/mol. The number of ether oxygens (including phenoxy) is 2. The van der Waals surface area contributed by atoms with Gasteiger partial charge in [-0.2, -0.15) is 0 Å². The second kappa shape index (κ2) is 7.04. The molecule has 0 unspecified atom stereocenters. The molecule has 1 aromatic heterocycles. The SMILES string of the molecule is CC(C)(C)OC(=O)N1CCOc2c(Br)cc(-c3cc(Cl)ccc3F)nc21. The minimum atomic E-state index is -0.649. The molecule has 1 aromatic carbocycles. The van der Waals surface area contributed by atoms with Crippen LogP contribution in [0.5, 0.6) is 5.75 Å². The van der Waals surface area contributed by atoms with Crippen LogP contribution in [0.4, 0.5) is 15.0 Å². The van der Waals surface area contributed by atoms with Crippen molar-refractivity contribution >= 4 is 39.4 Å². The Balaban J connectivity index is 2.08. The molecular formula is C18H17BrClFN2O3. The normalized spacial score (nSPS) is 13.8. The number of hydrogen-bond donors (Lipinski definition) is 0. The number of carbonyl (C=O) groups is 1. The Morgan fingerprint density at radius 1 is 1.38 bits per heavy atom. The van der Waals surface area contributed by atoms with Crippen molar-refractivity contribution in [2.45, 2.75) is 26.4 Å². The predicted molar refractivity (Wildman–Crippen MR) is 101 cm³/mol. The molecule has 0 spiro atoms. The number of benzene rings is 1. The number of carbonyl (C=O) groups excluding carboxylic acids is 1. The smallest absolute Gasteiger partial charge is 0.416 e. The number of amides is 1. The molecule has 8 heteroatoms. The van der Waals surface area contributed by atoms with E-state index in [4.69, 9.17) is 21.1 Å². The quantitative estimate of drug-likeness (QED) is 0.589. The number of anilines is 1. The first-order chi connectivity index (χ1) is 12.2. The topological polar surface area (TPSA) is 51.7 Å². The van der Waals surface area contributed by atoms with Crippen molar-refractivity contribution in [1.29, 1.82) is 0 Å². The fourth-order valence-electron chi connectivity index (χ4n) is 2.48. The van der Waals surface area contributed by atoms with Gasteiger partial charge in [-0.25, -0.2) is 14.2 Å². The number of rotatable bonds is 1. The number of pyridine rings is 1. The van der Waals surface area contributed by atoms with E-state index in [0.29, 0.717) is 27.5 Å². The molecule has 2 heterocycles. The Hall–Kier alpha value is -1.86. The van der Waals surface area contributed by atoms with Crippen LogP contribution < -0.4 is 9.64 Å². The monoisotopic (exact) mass is 442 g/mol. The molecule has 26 heavy (non-hydrogen) atoms. The fraction of sp³-hybridized carbons (Fsp3) is 0.333. The summed E-state index contributed by atoms with van der Waals surface area (Å²) in [7, 11) is 0. The van der Waals surface area contributed by atoms with Gasteiger partial charge in [-0.15, -0.1) is 0 Å². The lowest BCUT2D eigenvalue weighted by Crippen LogP contribution is -2.42. The summed E-state index contributed by atoms with van der Waals surface area (Å²) in [6.45, 7) is 5.94. The lowest BCUT2D eigenvalue weighted by Gasteiger charge is -2.31. The summed E-state index contributed by atoms with van der Waals surface area (Å²) in [6.07, 6.45) is -0.537. The summed E-state index contributed by atoms with van der Waals surface area (Å²) in [4.78, 5) is 18.4. The molecule has 0 fully saturated rings. The molecule has 0 N–H and O–H groups in total. The molecule has 0 radical (unpaired) electrons. The van der Waals surface area contributed by atoms with Gasteiger partial charge >= 0.3 is 6.09 Å². The van der Waals surface area contributed by atoms with Gasteiger partial charge in [0.2, 0.25) is 0 Å². The summed E-state index contributed by atoms with van der Waals surface area (Å²) in [5, 5.41) is 0.386. The minimum Gasteiger partial charge on any atom is -0.487 e. The van der Waals surface area contributed by atoms with Crippen molar-refractivity contribution in [3.8, 4) is 17.0 Å². The number of halogens is 3. The van der Waals surface area contributed by atoms with Crippen molar-refractivity contribution in [3.05, 3.63) is 39.6 Å². The first-order valence-corrected chi connectivity index (χ1v) is 9.12. The number of nitrogens with zero attached hydrogens (tertiary/aromatic N) is 2. The molecule has 138 valence electrons. The van der Waals surface area contributed by atoms with E-state index in [0.717, 1.165) is 0 Å². The Morgan fingerprint density at radius 3 is 2.81 bits per heavy atom. The fourth-order valence-corrected chi connectivity index (χ4v) is 3.16. The van der Waals surface area contributed by atoms with E-state index in [1.54, 1.807) is 26.8 Å². The van der Waals surface area contributed by atoms with Gasteiger partial charge in [0.25, 0.3) is 0 Å². The first kappa shape index (κ1) is 18.9. The summed E-state index contributed by atoms with van der Waals surface area (Å²) in [5.74, 6) is 0.219. The second-order valence-corrected chi connectivity index (χ2v) is 8.04. The third-order valence-electron chi connectivity index (χ3n) is 3.55. The molecule has 1 aliphatic heterocycles. The van der Waals surface area contributed by atoms with Crippen LogP contribution in [0.2, 0.25) is 5.02 Å². The highest BCUT2D eigenvalue weighted by atomic mass is 79.9. The molecule has 1 aliphatic rings. The molecule has 0 saturated heterocycles. The lowest BCUT2D eigenvalue weighted by atomic mass is 10.1. The summed E-state index contributed by atoms with van der Waals surface area (Å²) >= 11 is 9.40. The van der Waals surface area contributed by atoms with Crippen molar-refractivity contribution in [2.75, 3.05) is 18.1 Å². The van der Waals surface area contributed by atoms with E-state index in [2.05, 4.69) is 20.9 Å². The van der Waals surface area contributed by atoms with Crippen LogP contribution in [0.3, 0.4) is 0 Å². The van der Waals surface area contributed by atoms with Crippen LogP contribution in [0, 0.1) is 5.82 Å². The zero-order valence-electron chi connectivity index (χ0n) is 14.5. The van der Waals surface area contributed by atoms with Crippen LogP contribution in [0.15, 0.2) is 28.7 Å². The van der Waals surface area contributed by atoms with Crippen LogP contribution in [-0.4, -0.2) is 29.8 Å².